The average Bonchev–Trinajstić information content (AvgIpc) is 3.44. The summed E-state index contributed by atoms with van der Waals surface area (Å²) < 4.78 is 6.90. The van der Waals surface area contributed by atoms with E-state index in [1.54, 1.807) is 7.11 Å². The Kier molecular flexibility index (Phi) is 5.96. The van der Waals surface area contributed by atoms with Crippen molar-refractivity contribution in [3.63, 3.8) is 0 Å². The first kappa shape index (κ1) is 19.7. The molecule has 1 unspecified atom stereocenters. The van der Waals surface area contributed by atoms with Crippen molar-refractivity contribution in [3.8, 4) is 23.1 Å². The first-order chi connectivity index (χ1) is 14.1. The van der Waals surface area contributed by atoms with Gasteiger partial charge in [-0.1, -0.05) is 23.1 Å². The Morgan fingerprint density at radius 2 is 2.14 bits per heavy atom. The van der Waals surface area contributed by atoms with Gasteiger partial charge in [-0.15, -0.1) is 5.10 Å². The zero-order valence-electron chi connectivity index (χ0n) is 17.2. The van der Waals surface area contributed by atoms with E-state index in [0.717, 1.165) is 48.2 Å². The number of amides is 1. The monoisotopic (exact) mass is 392 g/mol. The van der Waals surface area contributed by atoms with Crippen molar-refractivity contribution in [2.75, 3.05) is 20.3 Å². The van der Waals surface area contributed by atoms with Gasteiger partial charge in [0.25, 0.3) is 0 Å². The minimum absolute atomic E-state index is 0.0521. The molecule has 1 saturated carbocycles. The summed E-state index contributed by atoms with van der Waals surface area (Å²) in [5.74, 6) is 7.23. The van der Waals surface area contributed by atoms with Gasteiger partial charge in [0.05, 0.1) is 18.8 Å². The largest absolute Gasteiger partial charge is 0.375 e. The lowest BCUT2D eigenvalue weighted by molar-refractivity contribution is -0.139. The van der Waals surface area contributed by atoms with E-state index in [-0.39, 0.29) is 18.6 Å². The molecule has 4 rings (SSSR count). The van der Waals surface area contributed by atoms with Gasteiger partial charge in [-0.05, 0) is 56.7 Å². The maximum absolute atomic E-state index is 12.3. The second kappa shape index (κ2) is 8.79. The lowest BCUT2D eigenvalue weighted by Crippen LogP contribution is -2.47. The standard InChI is InChI=1S/C23H28N4O2/c1-17-13-19(9-8-18-6-7-18)10-11-21(17)22-15-26(25-24-22)14-20-5-3-4-12-27(20)23(28)16-29-2/h10-11,13,15,18,20H,3-7,12,14,16H2,1-2H3. The van der Waals surface area contributed by atoms with Gasteiger partial charge >= 0.3 is 0 Å². The summed E-state index contributed by atoms with van der Waals surface area (Å²) in [4.78, 5) is 14.3. The second-order valence-corrected chi connectivity index (χ2v) is 8.07. The molecule has 2 aliphatic rings. The number of aromatic nitrogens is 3. The lowest BCUT2D eigenvalue weighted by Gasteiger charge is -2.35. The molecule has 6 nitrogen and oxygen atoms in total. The zero-order chi connectivity index (χ0) is 20.2. The van der Waals surface area contributed by atoms with Gasteiger partial charge in [-0.25, -0.2) is 4.68 Å². The minimum atomic E-state index is 0.0521. The second-order valence-electron chi connectivity index (χ2n) is 8.07. The maximum atomic E-state index is 12.3. The number of ether oxygens (including phenoxy) is 1. The van der Waals surface area contributed by atoms with Gasteiger partial charge in [0.15, 0.2) is 0 Å². The molecule has 2 aromatic rings. The Morgan fingerprint density at radius 3 is 2.90 bits per heavy atom. The highest BCUT2D eigenvalue weighted by Crippen LogP contribution is 2.28. The third kappa shape index (κ3) is 4.86. The van der Waals surface area contributed by atoms with Gasteiger partial charge < -0.3 is 9.64 Å². The molecule has 0 radical (unpaired) electrons. The van der Waals surface area contributed by atoms with Crippen molar-refractivity contribution in [2.24, 2.45) is 5.92 Å². The van der Waals surface area contributed by atoms with Crippen molar-refractivity contribution in [1.29, 1.82) is 0 Å². The van der Waals surface area contributed by atoms with E-state index in [2.05, 4.69) is 47.3 Å². The topological polar surface area (TPSA) is 60.2 Å². The number of nitrogens with zero attached hydrogens (tertiary/aromatic N) is 4. The van der Waals surface area contributed by atoms with Gasteiger partial charge in [-0.3, -0.25) is 4.79 Å². The highest BCUT2D eigenvalue weighted by molar-refractivity contribution is 5.77. The molecule has 2 fully saturated rings. The fraction of sp³-hybridized carbons (Fsp3) is 0.522. The molecule has 152 valence electrons. The number of carbonyl (C=O) groups is 1. The number of methoxy groups -OCH3 is 1. The third-order valence-corrected chi connectivity index (χ3v) is 5.65. The summed E-state index contributed by atoms with van der Waals surface area (Å²) in [6.45, 7) is 3.67. The van der Waals surface area contributed by atoms with Crippen LogP contribution in [0.4, 0.5) is 0 Å². The SMILES string of the molecule is COCC(=O)N1CCCCC1Cn1cc(-c2ccc(C#CC3CC3)cc2C)nn1. The minimum Gasteiger partial charge on any atom is -0.375 e. The summed E-state index contributed by atoms with van der Waals surface area (Å²) in [5, 5.41) is 8.71. The van der Waals surface area contributed by atoms with Crippen molar-refractivity contribution < 1.29 is 9.53 Å². The third-order valence-electron chi connectivity index (χ3n) is 5.65. The predicted molar refractivity (Wildman–Crippen MR) is 111 cm³/mol. The molecule has 1 saturated heterocycles. The average molecular weight is 393 g/mol. The molecular formula is C23H28N4O2. The number of rotatable bonds is 5. The molecule has 0 bridgehead atoms. The Labute approximate surface area is 172 Å². The first-order valence-electron chi connectivity index (χ1n) is 10.4. The Hall–Kier alpha value is -2.65. The van der Waals surface area contributed by atoms with Gasteiger partial charge in [-0.2, -0.15) is 0 Å². The van der Waals surface area contributed by atoms with Crippen LogP contribution in [0.5, 0.6) is 0 Å². The molecule has 1 aliphatic heterocycles. The van der Waals surface area contributed by atoms with Gasteiger partial charge in [0.2, 0.25) is 5.91 Å². The van der Waals surface area contributed by atoms with Crippen LogP contribution in [0.15, 0.2) is 24.4 Å². The number of likely N-dealkylation sites (tertiary alicyclic amines) is 1. The number of benzene rings is 1. The summed E-state index contributed by atoms with van der Waals surface area (Å²) in [7, 11) is 1.56. The van der Waals surface area contributed by atoms with E-state index in [4.69, 9.17) is 4.74 Å². The molecule has 1 aliphatic carbocycles. The molecule has 1 aromatic carbocycles. The molecular weight excluding hydrogens is 364 g/mol. The highest BCUT2D eigenvalue weighted by Gasteiger charge is 2.27. The summed E-state index contributed by atoms with van der Waals surface area (Å²) in [6.07, 6.45) is 7.62. The normalized spacial score (nSPS) is 19.0. The van der Waals surface area contributed by atoms with E-state index in [1.165, 1.54) is 12.8 Å². The fourth-order valence-corrected chi connectivity index (χ4v) is 3.89. The fourth-order valence-electron chi connectivity index (χ4n) is 3.89. The van der Waals surface area contributed by atoms with Crippen molar-refractivity contribution >= 4 is 5.91 Å². The Morgan fingerprint density at radius 1 is 1.28 bits per heavy atom. The van der Waals surface area contributed by atoms with Crippen molar-refractivity contribution in [1.82, 2.24) is 19.9 Å². The first-order valence-corrected chi connectivity index (χ1v) is 10.4. The Bertz CT molecular complexity index is 936. The van der Waals surface area contributed by atoms with Gasteiger partial charge in [0, 0.05) is 30.7 Å². The summed E-state index contributed by atoms with van der Waals surface area (Å²) in [6, 6.07) is 6.40. The van der Waals surface area contributed by atoms with Crippen LogP contribution in [-0.4, -0.2) is 52.1 Å². The molecule has 1 atom stereocenters. The lowest BCUT2D eigenvalue weighted by atomic mass is 10.0. The number of carbonyl (C=O) groups excluding carboxylic acids is 1. The van der Waals surface area contributed by atoms with E-state index >= 15 is 0 Å². The quantitative estimate of drug-likeness (QED) is 0.734. The van der Waals surface area contributed by atoms with Crippen LogP contribution in [0.1, 0.15) is 43.2 Å². The van der Waals surface area contributed by atoms with Crippen LogP contribution in [0.25, 0.3) is 11.3 Å². The van der Waals surface area contributed by atoms with Gasteiger partial charge in [0.1, 0.15) is 12.3 Å². The molecule has 2 heterocycles. The Balaban J connectivity index is 1.46. The van der Waals surface area contributed by atoms with Crippen molar-refractivity contribution in [2.45, 2.75) is 51.6 Å². The number of piperidine rings is 1. The molecule has 1 aromatic heterocycles. The van der Waals surface area contributed by atoms with Crippen LogP contribution >= 0.6 is 0 Å². The smallest absolute Gasteiger partial charge is 0.248 e. The van der Waals surface area contributed by atoms with Crippen LogP contribution < -0.4 is 0 Å². The summed E-state index contributed by atoms with van der Waals surface area (Å²) in [5.41, 5.74) is 4.13. The molecule has 0 N–H and O–H groups in total. The highest BCUT2D eigenvalue weighted by atomic mass is 16.5. The van der Waals surface area contributed by atoms with Crippen LogP contribution in [-0.2, 0) is 16.1 Å². The van der Waals surface area contributed by atoms with Crippen LogP contribution in [0, 0.1) is 24.7 Å². The molecule has 1 amide bonds. The van der Waals surface area contributed by atoms with E-state index < -0.39 is 0 Å². The summed E-state index contributed by atoms with van der Waals surface area (Å²) >= 11 is 0. The van der Waals surface area contributed by atoms with Crippen LogP contribution in [0.2, 0.25) is 0 Å². The molecule has 0 spiro atoms. The molecule has 29 heavy (non-hydrogen) atoms. The number of hydrogen-bond acceptors (Lipinski definition) is 4. The van der Waals surface area contributed by atoms with Crippen LogP contribution in [0.3, 0.4) is 0 Å². The van der Waals surface area contributed by atoms with E-state index in [1.807, 2.05) is 15.8 Å². The predicted octanol–water partition coefficient (Wildman–Crippen LogP) is 3.04. The zero-order valence-corrected chi connectivity index (χ0v) is 17.2. The van der Waals surface area contributed by atoms with E-state index in [0.29, 0.717) is 12.5 Å². The number of aryl methyl sites for hydroxylation is 1. The number of hydrogen-bond donors (Lipinski definition) is 0. The van der Waals surface area contributed by atoms with E-state index in [9.17, 15) is 4.79 Å². The maximum Gasteiger partial charge on any atom is 0.248 e. The van der Waals surface area contributed by atoms with Crippen molar-refractivity contribution in [3.05, 3.63) is 35.5 Å². The molecule has 6 heteroatoms.